The molecule has 9 nitrogen and oxygen atoms in total. The highest BCUT2D eigenvalue weighted by Crippen LogP contribution is 2.35. The molecule has 2 aromatic rings. The number of rotatable bonds is 4. The van der Waals surface area contributed by atoms with Crippen LogP contribution in [0.1, 0.15) is 27.2 Å². The molecule has 31 heavy (non-hydrogen) atoms. The van der Waals surface area contributed by atoms with Gasteiger partial charge in [0, 0.05) is 31.1 Å². The van der Waals surface area contributed by atoms with Crippen LogP contribution in [0.2, 0.25) is 0 Å². The number of hydrogen-bond acceptors (Lipinski definition) is 8. The SMILES string of the molecule is CC(C)(C)OC(=O)N1C[C@@H]2C[C@H]1CN2c1cc(Nc2ccccc2)nc(S(C)(=O)=O)n1. The molecular weight excluding hydrogens is 418 g/mol. The molecule has 2 saturated heterocycles. The number of nitrogens with one attached hydrogen (secondary N) is 1. The molecule has 166 valence electrons. The largest absolute Gasteiger partial charge is 0.444 e. The van der Waals surface area contributed by atoms with Gasteiger partial charge in [0.15, 0.2) is 0 Å². The number of benzene rings is 1. The van der Waals surface area contributed by atoms with Crippen molar-refractivity contribution >= 4 is 33.3 Å². The van der Waals surface area contributed by atoms with E-state index in [0.717, 1.165) is 18.4 Å². The van der Waals surface area contributed by atoms with E-state index in [1.165, 1.54) is 0 Å². The monoisotopic (exact) mass is 445 g/mol. The van der Waals surface area contributed by atoms with Crippen LogP contribution in [0.5, 0.6) is 0 Å². The molecule has 4 rings (SSSR count). The van der Waals surface area contributed by atoms with Crippen molar-refractivity contribution in [3.63, 3.8) is 0 Å². The van der Waals surface area contributed by atoms with Crippen molar-refractivity contribution in [2.75, 3.05) is 29.6 Å². The van der Waals surface area contributed by atoms with Crippen molar-refractivity contribution in [1.82, 2.24) is 14.9 Å². The molecule has 2 atom stereocenters. The summed E-state index contributed by atoms with van der Waals surface area (Å²) >= 11 is 0. The molecule has 0 unspecified atom stereocenters. The minimum atomic E-state index is -3.60. The summed E-state index contributed by atoms with van der Waals surface area (Å²) in [5.41, 5.74) is 0.249. The van der Waals surface area contributed by atoms with Crippen molar-refractivity contribution < 1.29 is 17.9 Å². The Morgan fingerprint density at radius 1 is 1.13 bits per heavy atom. The fraction of sp³-hybridized carbons (Fsp3) is 0.476. The Balaban J connectivity index is 1.58. The fourth-order valence-corrected chi connectivity index (χ4v) is 4.47. The number of carbonyl (C=O) groups is 1. The van der Waals surface area contributed by atoms with E-state index in [9.17, 15) is 13.2 Å². The van der Waals surface area contributed by atoms with Crippen molar-refractivity contribution in [3.05, 3.63) is 36.4 Å². The van der Waals surface area contributed by atoms with E-state index in [1.54, 1.807) is 11.0 Å². The number of piperazine rings is 1. The number of nitrogens with zero attached hydrogens (tertiary/aromatic N) is 4. The molecule has 0 spiro atoms. The van der Waals surface area contributed by atoms with Crippen molar-refractivity contribution in [2.24, 2.45) is 0 Å². The van der Waals surface area contributed by atoms with E-state index >= 15 is 0 Å². The summed E-state index contributed by atoms with van der Waals surface area (Å²) in [5, 5.41) is 2.92. The minimum absolute atomic E-state index is 0.00188. The number of amides is 1. The molecule has 3 heterocycles. The predicted octanol–water partition coefficient (Wildman–Crippen LogP) is 2.82. The second-order valence-electron chi connectivity index (χ2n) is 8.99. The lowest BCUT2D eigenvalue weighted by molar-refractivity contribution is 0.0214. The number of para-hydroxylation sites is 1. The molecule has 2 fully saturated rings. The van der Waals surface area contributed by atoms with Crippen LogP contribution >= 0.6 is 0 Å². The third kappa shape index (κ3) is 4.73. The molecule has 2 aliphatic heterocycles. The third-order valence-electron chi connectivity index (χ3n) is 5.23. The zero-order chi connectivity index (χ0) is 22.4. The van der Waals surface area contributed by atoms with Gasteiger partial charge < -0.3 is 19.9 Å². The van der Waals surface area contributed by atoms with Crippen molar-refractivity contribution in [1.29, 1.82) is 0 Å². The maximum atomic E-state index is 12.5. The van der Waals surface area contributed by atoms with Crippen LogP contribution in [0, 0.1) is 0 Å². The average Bonchev–Trinajstić information content (AvgIpc) is 3.27. The van der Waals surface area contributed by atoms with Gasteiger partial charge in [-0.1, -0.05) is 18.2 Å². The first-order chi connectivity index (χ1) is 14.5. The topological polar surface area (TPSA) is 105 Å². The van der Waals surface area contributed by atoms with Crippen LogP contribution in [-0.4, -0.2) is 66.4 Å². The van der Waals surface area contributed by atoms with Crippen LogP contribution in [0.25, 0.3) is 0 Å². The first-order valence-corrected chi connectivity index (χ1v) is 12.1. The van der Waals surface area contributed by atoms with Crippen LogP contribution < -0.4 is 10.2 Å². The summed E-state index contributed by atoms with van der Waals surface area (Å²) in [7, 11) is -3.60. The van der Waals surface area contributed by atoms with Gasteiger partial charge in [0.2, 0.25) is 9.84 Å². The average molecular weight is 446 g/mol. The maximum absolute atomic E-state index is 12.5. The van der Waals surface area contributed by atoms with Crippen molar-refractivity contribution in [3.8, 4) is 0 Å². The number of fused-ring (bicyclic) bond motifs is 2. The molecule has 1 amide bonds. The summed E-state index contributed by atoms with van der Waals surface area (Å²) in [4.78, 5) is 24.8. The van der Waals surface area contributed by atoms with Crippen LogP contribution in [0.15, 0.2) is 41.6 Å². The Morgan fingerprint density at radius 2 is 1.84 bits per heavy atom. The predicted molar refractivity (Wildman–Crippen MR) is 117 cm³/mol. The summed E-state index contributed by atoms with van der Waals surface area (Å²) in [5.74, 6) is 0.939. The molecule has 0 aliphatic carbocycles. The van der Waals surface area contributed by atoms with Gasteiger partial charge in [-0.05, 0) is 39.3 Å². The normalized spacial score (nSPS) is 20.8. The Morgan fingerprint density at radius 3 is 2.42 bits per heavy atom. The van der Waals surface area contributed by atoms with Gasteiger partial charge in [-0.25, -0.2) is 23.2 Å². The lowest BCUT2D eigenvalue weighted by Crippen LogP contribution is -2.50. The van der Waals surface area contributed by atoms with Gasteiger partial charge in [-0.2, -0.15) is 0 Å². The second-order valence-corrected chi connectivity index (χ2v) is 10.9. The molecule has 0 saturated carbocycles. The standard InChI is InChI=1S/C21H27N5O4S/c1-21(2,3)30-20(27)26-13-15-10-16(26)12-25(15)18-11-17(22-14-8-6-5-7-9-14)23-19(24-18)31(4,28)29/h5-9,11,15-16H,10,12-13H2,1-4H3,(H,22,23,24)/t15-,16-/m0/s1. The number of anilines is 3. The number of aromatic nitrogens is 2. The van der Waals surface area contributed by atoms with E-state index < -0.39 is 15.4 Å². The number of hydrogen-bond donors (Lipinski definition) is 1. The van der Waals surface area contributed by atoms with Gasteiger partial charge in [-0.3, -0.25) is 0 Å². The van der Waals surface area contributed by atoms with Gasteiger partial charge in [0.1, 0.15) is 17.2 Å². The highest BCUT2D eigenvalue weighted by Gasteiger charge is 2.47. The van der Waals surface area contributed by atoms with E-state index in [1.807, 2.05) is 51.1 Å². The zero-order valence-corrected chi connectivity index (χ0v) is 18.9. The van der Waals surface area contributed by atoms with Gasteiger partial charge in [0.25, 0.3) is 5.16 Å². The number of carbonyl (C=O) groups excluding carboxylic acids is 1. The molecule has 10 heteroatoms. The summed E-state index contributed by atoms with van der Waals surface area (Å²) in [6, 6.07) is 11.2. The number of likely N-dealkylation sites (tertiary alicyclic amines) is 1. The lowest BCUT2D eigenvalue weighted by atomic mass is 10.2. The molecular formula is C21H27N5O4S. The number of sulfone groups is 1. The van der Waals surface area contributed by atoms with Gasteiger partial charge in [0.05, 0.1) is 12.1 Å². The van der Waals surface area contributed by atoms with Crippen LogP contribution in [-0.2, 0) is 14.6 Å². The van der Waals surface area contributed by atoms with E-state index in [0.29, 0.717) is 24.7 Å². The maximum Gasteiger partial charge on any atom is 0.410 e. The van der Waals surface area contributed by atoms with Gasteiger partial charge in [-0.15, -0.1) is 0 Å². The summed E-state index contributed by atoms with van der Waals surface area (Å²) in [6.45, 7) is 6.62. The Hall–Kier alpha value is -2.88. The summed E-state index contributed by atoms with van der Waals surface area (Å²) < 4.78 is 29.9. The highest BCUT2D eigenvalue weighted by atomic mass is 32.2. The smallest absolute Gasteiger partial charge is 0.410 e. The molecule has 1 aromatic heterocycles. The lowest BCUT2D eigenvalue weighted by Gasteiger charge is -2.35. The summed E-state index contributed by atoms with van der Waals surface area (Å²) in [6.07, 6.45) is 1.57. The van der Waals surface area contributed by atoms with E-state index in [-0.39, 0.29) is 23.3 Å². The third-order valence-corrected chi connectivity index (χ3v) is 6.08. The molecule has 1 aromatic carbocycles. The first kappa shape index (κ1) is 21.4. The van der Waals surface area contributed by atoms with E-state index in [2.05, 4.69) is 20.2 Å². The highest BCUT2D eigenvalue weighted by molar-refractivity contribution is 7.90. The quantitative estimate of drug-likeness (QED) is 0.717. The molecule has 0 radical (unpaired) electrons. The second kappa shape index (κ2) is 7.67. The zero-order valence-electron chi connectivity index (χ0n) is 18.1. The van der Waals surface area contributed by atoms with Crippen molar-refractivity contribution in [2.45, 2.75) is 50.0 Å². The minimum Gasteiger partial charge on any atom is -0.444 e. The molecule has 2 bridgehead atoms. The fourth-order valence-electron chi connectivity index (χ4n) is 3.95. The Kier molecular flexibility index (Phi) is 5.28. The van der Waals surface area contributed by atoms with Crippen LogP contribution in [0.4, 0.5) is 22.1 Å². The Bertz CT molecular complexity index is 1080. The first-order valence-electron chi connectivity index (χ1n) is 10.2. The van der Waals surface area contributed by atoms with Crippen LogP contribution in [0.3, 0.4) is 0 Å². The molecule has 2 aliphatic rings. The Labute approximate surface area is 182 Å². The molecule has 1 N–H and O–H groups in total. The van der Waals surface area contributed by atoms with Gasteiger partial charge >= 0.3 is 6.09 Å². The van der Waals surface area contributed by atoms with E-state index in [4.69, 9.17) is 4.74 Å². The number of ether oxygens (including phenoxy) is 1.